The molecule has 1 N–H and O–H groups in total. The number of hydrogen-bond acceptors (Lipinski definition) is 6. The molecule has 3 rings (SSSR count). The summed E-state index contributed by atoms with van der Waals surface area (Å²) in [5.74, 6) is -0.875. The fourth-order valence-corrected chi connectivity index (χ4v) is 5.06. The van der Waals surface area contributed by atoms with Crippen LogP contribution in [0.25, 0.3) is 0 Å². The van der Waals surface area contributed by atoms with Gasteiger partial charge in [0.2, 0.25) is 0 Å². The Morgan fingerprint density at radius 3 is 2.30 bits per heavy atom. The zero-order chi connectivity index (χ0) is 21.9. The van der Waals surface area contributed by atoms with Crippen LogP contribution in [-0.4, -0.2) is 34.5 Å². The molecule has 7 nitrogen and oxygen atoms in total. The zero-order valence-corrected chi connectivity index (χ0v) is 18.2. The van der Waals surface area contributed by atoms with Gasteiger partial charge in [-0.2, -0.15) is 0 Å². The Labute approximate surface area is 179 Å². The topological polar surface area (TPSA) is 92.8 Å². The molecule has 0 unspecified atom stereocenters. The van der Waals surface area contributed by atoms with Crippen molar-refractivity contribution >= 4 is 44.6 Å². The minimum absolute atomic E-state index is 0.243. The maximum Gasteiger partial charge on any atom is 0.337 e. The molecule has 0 saturated carbocycles. The summed E-state index contributed by atoms with van der Waals surface area (Å²) in [7, 11) is -0.890. The molecule has 0 fully saturated rings. The summed E-state index contributed by atoms with van der Waals surface area (Å²) < 4.78 is 31.4. The number of anilines is 2. The molecule has 0 spiro atoms. The van der Waals surface area contributed by atoms with Crippen LogP contribution in [-0.2, 0) is 14.8 Å². The Bertz CT molecular complexity index is 1170. The minimum atomic E-state index is -3.64. The Morgan fingerprint density at radius 2 is 1.70 bits per heavy atom. The number of thiophene rings is 1. The van der Waals surface area contributed by atoms with Gasteiger partial charge in [-0.15, -0.1) is 11.3 Å². The molecule has 0 atom stereocenters. The number of hydrogen-bond donors (Lipinski definition) is 1. The molecule has 0 aliphatic heterocycles. The standard InChI is InChI=1S/C21H20N2O5S2/c1-14-6-7-16(21(25)28-3)13-18(14)22-20(24)15-8-10-17(11-9-15)23(2)30(26,27)19-5-4-12-29-19/h4-13H,1-3H3,(H,22,24). The first kappa shape index (κ1) is 21.5. The first-order valence-electron chi connectivity index (χ1n) is 8.87. The number of methoxy groups -OCH3 is 1. The van der Waals surface area contributed by atoms with E-state index in [0.29, 0.717) is 22.5 Å². The van der Waals surface area contributed by atoms with Crippen LogP contribution in [0.2, 0.25) is 0 Å². The summed E-state index contributed by atoms with van der Waals surface area (Å²) in [5.41, 5.74) is 2.39. The van der Waals surface area contributed by atoms with Gasteiger partial charge in [0.05, 0.1) is 18.4 Å². The summed E-state index contributed by atoms with van der Waals surface area (Å²) >= 11 is 1.14. The van der Waals surface area contributed by atoms with Crippen molar-refractivity contribution in [1.82, 2.24) is 0 Å². The van der Waals surface area contributed by atoms with E-state index < -0.39 is 16.0 Å². The number of benzene rings is 2. The summed E-state index contributed by atoms with van der Waals surface area (Å²) in [6.07, 6.45) is 0. The van der Waals surface area contributed by atoms with Gasteiger partial charge in [0, 0.05) is 18.3 Å². The maximum atomic E-state index is 12.6. The fraction of sp³-hybridized carbons (Fsp3) is 0.143. The van der Waals surface area contributed by atoms with Crippen molar-refractivity contribution in [2.45, 2.75) is 11.1 Å². The number of esters is 1. The van der Waals surface area contributed by atoms with E-state index in [0.717, 1.165) is 16.9 Å². The predicted octanol–water partition coefficient (Wildman–Crippen LogP) is 3.92. The smallest absolute Gasteiger partial charge is 0.337 e. The van der Waals surface area contributed by atoms with Crippen molar-refractivity contribution in [3.8, 4) is 0 Å². The molecule has 9 heteroatoms. The molecule has 2 aromatic carbocycles. The summed E-state index contributed by atoms with van der Waals surface area (Å²) in [5, 5.41) is 4.47. The number of carbonyl (C=O) groups excluding carboxylic acids is 2. The highest BCUT2D eigenvalue weighted by Crippen LogP contribution is 2.26. The lowest BCUT2D eigenvalue weighted by Crippen LogP contribution is -2.25. The number of carbonyl (C=O) groups is 2. The Balaban J connectivity index is 1.78. The normalized spacial score (nSPS) is 11.0. The van der Waals surface area contributed by atoms with E-state index in [4.69, 9.17) is 4.74 Å². The molecule has 1 aromatic heterocycles. The van der Waals surface area contributed by atoms with Gasteiger partial charge in [0.25, 0.3) is 15.9 Å². The van der Waals surface area contributed by atoms with Crippen molar-refractivity contribution in [3.05, 3.63) is 76.7 Å². The molecule has 30 heavy (non-hydrogen) atoms. The monoisotopic (exact) mass is 444 g/mol. The Hall–Kier alpha value is -3.17. The van der Waals surface area contributed by atoms with Gasteiger partial charge in [-0.05, 0) is 60.3 Å². The average Bonchev–Trinajstić information content (AvgIpc) is 3.30. The van der Waals surface area contributed by atoms with Crippen LogP contribution in [0.5, 0.6) is 0 Å². The largest absolute Gasteiger partial charge is 0.465 e. The molecule has 0 saturated heterocycles. The molecule has 0 radical (unpaired) electrons. The Morgan fingerprint density at radius 1 is 1.03 bits per heavy atom. The van der Waals surface area contributed by atoms with E-state index in [2.05, 4.69) is 5.32 Å². The summed E-state index contributed by atoms with van der Waals surface area (Å²) in [4.78, 5) is 24.3. The lowest BCUT2D eigenvalue weighted by atomic mass is 10.1. The molecular weight excluding hydrogens is 424 g/mol. The van der Waals surface area contributed by atoms with Crippen molar-refractivity contribution in [3.63, 3.8) is 0 Å². The van der Waals surface area contributed by atoms with Crippen LogP contribution >= 0.6 is 11.3 Å². The van der Waals surface area contributed by atoms with E-state index >= 15 is 0 Å². The first-order chi connectivity index (χ1) is 14.2. The van der Waals surface area contributed by atoms with Crippen LogP contribution in [0.3, 0.4) is 0 Å². The quantitative estimate of drug-likeness (QED) is 0.582. The number of nitrogens with one attached hydrogen (secondary N) is 1. The SMILES string of the molecule is COC(=O)c1ccc(C)c(NC(=O)c2ccc(N(C)S(=O)(=O)c3cccs3)cc2)c1. The van der Waals surface area contributed by atoms with Crippen LogP contribution < -0.4 is 9.62 Å². The summed E-state index contributed by atoms with van der Waals surface area (Å²) in [6, 6.07) is 14.3. The highest BCUT2D eigenvalue weighted by molar-refractivity contribution is 7.94. The van der Waals surface area contributed by atoms with E-state index in [1.165, 1.54) is 18.5 Å². The second-order valence-electron chi connectivity index (χ2n) is 6.43. The third-order valence-corrected chi connectivity index (χ3v) is 7.67. The van der Waals surface area contributed by atoms with Gasteiger partial charge >= 0.3 is 5.97 Å². The lowest BCUT2D eigenvalue weighted by molar-refractivity contribution is 0.0600. The van der Waals surface area contributed by atoms with Gasteiger partial charge in [-0.25, -0.2) is 13.2 Å². The van der Waals surface area contributed by atoms with E-state index in [-0.39, 0.29) is 10.1 Å². The maximum absolute atomic E-state index is 12.6. The average molecular weight is 445 g/mol. The van der Waals surface area contributed by atoms with Crippen LogP contribution in [0.15, 0.2) is 64.2 Å². The van der Waals surface area contributed by atoms with Gasteiger partial charge in [-0.3, -0.25) is 9.10 Å². The van der Waals surface area contributed by atoms with Crippen molar-refractivity contribution < 1.29 is 22.7 Å². The van der Waals surface area contributed by atoms with Crippen molar-refractivity contribution in [2.75, 3.05) is 23.8 Å². The molecule has 1 amide bonds. The van der Waals surface area contributed by atoms with E-state index in [1.807, 2.05) is 6.92 Å². The number of ether oxygens (including phenoxy) is 1. The first-order valence-corrected chi connectivity index (χ1v) is 11.2. The van der Waals surface area contributed by atoms with Crippen molar-refractivity contribution in [1.29, 1.82) is 0 Å². The molecule has 0 aliphatic rings. The van der Waals surface area contributed by atoms with Crippen LogP contribution in [0.1, 0.15) is 26.3 Å². The van der Waals surface area contributed by atoms with Crippen molar-refractivity contribution in [2.24, 2.45) is 0 Å². The molecule has 3 aromatic rings. The second-order valence-corrected chi connectivity index (χ2v) is 9.57. The molecule has 0 aliphatic carbocycles. The number of sulfonamides is 1. The van der Waals surface area contributed by atoms with E-state index in [9.17, 15) is 18.0 Å². The fourth-order valence-electron chi connectivity index (χ4n) is 2.70. The number of aryl methyl sites for hydroxylation is 1. The second kappa shape index (κ2) is 8.68. The lowest BCUT2D eigenvalue weighted by Gasteiger charge is -2.18. The van der Waals surface area contributed by atoms with Gasteiger partial charge in [-0.1, -0.05) is 12.1 Å². The third-order valence-electron chi connectivity index (χ3n) is 4.51. The molecule has 156 valence electrons. The summed E-state index contributed by atoms with van der Waals surface area (Å²) in [6.45, 7) is 1.81. The molecule has 0 bridgehead atoms. The van der Waals surface area contributed by atoms with Gasteiger partial charge in [0.15, 0.2) is 0 Å². The van der Waals surface area contributed by atoms with Gasteiger partial charge < -0.3 is 10.1 Å². The highest BCUT2D eigenvalue weighted by Gasteiger charge is 2.22. The number of nitrogens with zero attached hydrogens (tertiary/aromatic N) is 1. The number of amides is 1. The predicted molar refractivity (Wildman–Crippen MR) is 117 cm³/mol. The third kappa shape index (κ3) is 4.37. The van der Waals surface area contributed by atoms with Crippen LogP contribution in [0.4, 0.5) is 11.4 Å². The van der Waals surface area contributed by atoms with E-state index in [1.54, 1.807) is 60.0 Å². The highest BCUT2D eigenvalue weighted by atomic mass is 32.2. The minimum Gasteiger partial charge on any atom is -0.465 e. The van der Waals surface area contributed by atoms with Crippen LogP contribution in [0, 0.1) is 6.92 Å². The molecule has 1 heterocycles. The molecular formula is C21H20N2O5S2. The Kier molecular flexibility index (Phi) is 6.23. The number of rotatable bonds is 6. The van der Waals surface area contributed by atoms with Gasteiger partial charge in [0.1, 0.15) is 4.21 Å². The zero-order valence-electron chi connectivity index (χ0n) is 16.6.